The highest BCUT2D eigenvalue weighted by Gasteiger charge is 2.20. The smallest absolute Gasteiger partial charge is 0.345 e. The lowest BCUT2D eigenvalue weighted by Gasteiger charge is -2.02. The first kappa shape index (κ1) is 14.2. The Kier molecular flexibility index (Phi) is 3.54. The Morgan fingerprint density at radius 2 is 2.19 bits per heavy atom. The van der Waals surface area contributed by atoms with Crippen molar-refractivity contribution in [2.24, 2.45) is 0 Å². The minimum atomic E-state index is -0.916. The average molecular weight is 366 g/mol. The van der Waals surface area contributed by atoms with Crippen molar-refractivity contribution < 1.29 is 9.90 Å². The van der Waals surface area contributed by atoms with Crippen molar-refractivity contribution in [3.05, 3.63) is 39.4 Å². The summed E-state index contributed by atoms with van der Waals surface area (Å²) >= 11 is 4.57. The van der Waals surface area contributed by atoms with Crippen molar-refractivity contribution in [3.63, 3.8) is 0 Å². The van der Waals surface area contributed by atoms with Gasteiger partial charge in [0.05, 0.1) is 5.69 Å². The molecule has 0 amide bonds. The average Bonchev–Trinajstić information content (AvgIpc) is 2.98. The van der Waals surface area contributed by atoms with Crippen LogP contribution in [0.4, 0.5) is 0 Å². The first-order valence-electron chi connectivity index (χ1n) is 6.35. The SMILES string of the molecule is CC(C)c1nn(-c2ccc(Br)cn2)c2sc(C(=O)O)cc12. The van der Waals surface area contributed by atoms with E-state index in [1.807, 2.05) is 26.0 Å². The largest absolute Gasteiger partial charge is 0.477 e. The van der Waals surface area contributed by atoms with Crippen LogP contribution in [0.3, 0.4) is 0 Å². The molecule has 0 aromatic carbocycles. The monoisotopic (exact) mass is 365 g/mol. The van der Waals surface area contributed by atoms with Crippen molar-refractivity contribution in [2.45, 2.75) is 19.8 Å². The van der Waals surface area contributed by atoms with E-state index >= 15 is 0 Å². The lowest BCUT2D eigenvalue weighted by molar-refractivity contribution is 0.0702. The molecule has 3 aromatic rings. The van der Waals surface area contributed by atoms with Crippen molar-refractivity contribution in [2.75, 3.05) is 0 Å². The third-order valence-corrected chi connectivity index (χ3v) is 4.64. The van der Waals surface area contributed by atoms with E-state index in [-0.39, 0.29) is 5.92 Å². The Hall–Kier alpha value is -1.73. The first-order chi connectivity index (χ1) is 9.97. The summed E-state index contributed by atoms with van der Waals surface area (Å²) in [7, 11) is 0. The predicted octanol–water partition coefficient (Wildman–Crippen LogP) is 4.07. The van der Waals surface area contributed by atoms with Gasteiger partial charge in [-0.15, -0.1) is 11.3 Å². The van der Waals surface area contributed by atoms with Gasteiger partial charge in [0.15, 0.2) is 5.82 Å². The molecular weight excluding hydrogens is 354 g/mol. The fourth-order valence-corrected chi connectivity index (χ4v) is 3.31. The zero-order valence-corrected chi connectivity index (χ0v) is 13.8. The Morgan fingerprint density at radius 1 is 1.43 bits per heavy atom. The Balaban J connectivity index is 2.26. The molecule has 21 heavy (non-hydrogen) atoms. The molecule has 0 radical (unpaired) electrons. The number of aromatic nitrogens is 3. The number of pyridine rings is 1. The molecule has 0 atom stereocenters. The molecule has 108 valence electrons. The number of hydrogen-bond acceptors (Lipinski definition) is 4. The summed E-state index contributed by atoms with van der Waals surface area (Å²) in [6.07, 6.45) is 1.70. The lowest BCUT2D eigenvalue weighted by atomic mass is 10.1. The molecule has 0 fully saturated rings. The van der Waals surface area contributed by atoms with Gasteiger partial charge in [0.2, 0.25) is 0 Å². The van der Waals surface area contributed by atoms with Crippen molar-refractivity contribution in [3.8, 4) is 5.82 Å². The summed E-state index contributed by atoms with van der Waals surface area (Å²) in [5, 5.41) is 14.7. The number of carbonyl (C=O) groups is 1. The number of rotatable bonds is 3. The summed E-state index contributed by atoms with van der Waals surface area (Å²) < 4.78 is 2.60. The standard InChI is InChI=1S/C14H12BrN3O2S/c1-7(2)12-9-5-10(14(19)20)21-13(9)18(17-12)11-4-3-8(15)6-16-11/h3-7H,1-2H3,(H,19,20). The van der Waals surface area contributed by atoms with E-state index in [0.717, 1.165) is 20.4 Å². The van der Waals surface area contributed by atoms with Crippen LogP contribution >= 0.6 is 27.3 Å². The summed E-state index contributed by atoms with van der Waals surface area (Å²) in [4.78, 5) is 16.7. The van der Waals surface area contributed by atoms with Crippen LogP contribution in [0.2, 0.25) is 0 Å². The summed E-state index contributed by atoms with van der Waals surface area (Å²) in [5.41, 5.74) is 0.887. The van der Waals surface area contributed by atoms with Crippen LogP contribution < -0.4 is 0 Å². The van der Waals surface area contributed by atoms with Gasteiger partial charge in [-0.1, -0.05) is 13.8 Å². The minimum Gasteiger partial charge on any atom is -0.477 e. The predicted molar refractivity (Wildman–Crippen MR) is 85.5 cm³/mol. The second kappa shape index (κ2) is 5.23. The number of fused-ring (bicyclic) bond motifs is 1. The molecule has 0 unspecified atom stereocenters. The Labute approximate surface area is 133 Å². The number of nitrogens with zero attached hydrogens (tertiary/aromatic N) is 3. The summed E-state index contributed by atoms with van der Waals surface area (Å²) in [5.74, 6) is -0.0319. The molecular formula is C14H12BrN3O2S. The number of halogens is 1. The van der Waals surface area contributed by atoms with Crippen LogP contribution in [0.15, 0.2) is 28.9 Å². The van der Waals surface area contributed by atoms with Gasteiger partial charge in [-0.2, -0.15) is 5.10 Å². The highest BCUT2D eigenvalue weighted by molar-refractivity contribution is 9.10. The zero-order chi connectivity index (χ0) is 15.1. The van der Waals surface area contributed by atoms with E-state index in [9.17, 15) is 9.90 Å². The van der Waals surface area contributed by atoms with Crippen LogP contribution in [-0.4, -0.2) is 25.8 Å². The molecule has 0 aliphatic carbocycles. The van der Waals surface area contributed by atoms with E-state index < -0.39 is 5.97 Å². The molecule has 0 aliphatic heterocycles. The van der Waals surface area contributed by atoms with Crippen molar-refractivity contribution in [1.29, 1.82) is 0 Å². The molecule has 7 heteroatoms. The fraction of sp³-hybridized carbons (Fsp3) is 0.214. The van der Waals surface area contributed by atoms with Crippen LogP contribution in [-0.2, 0) is 0 Å². The van der Waals surface area contributed by atoms with Gasteiger partial charge in [0.1, 0.15) is 9.71 Å². The fourth-order valence-electron chi connectivity index (χ4n) is 2.11. The third kappa shape index (κ3) is 2.47. The second-order valence-corrected chi connectivity index (χ2v) is 6.87. The van der Waals surface area contributed by atoms with Crippen LogP contribution in [0.25, 0.3) is 16.0 Å². The van der Waals surface area contributed by atoms with Gasteiger partial charge in [0, 0.05) is 16.1 Å². The number of carboxylic acid groups (broad SMARTS) is 1. The van der Waals surface area contributed by atoms with E-state index in [1.54, 1.807) is 16.9 Å². The van der Waals surface area contributed by atoms with Crippen molar-refractivity contribution in [1.82, 2.24) is 14.8 Å². The van der Waals surface area contributed by atoms with Gasteiger partial charge in [0.25, 0.3) is 0 Å². The summed E-state index contributed by atoms with van der Waals surface area (Å²) in [6.45, 7) is 4.08. The van der Waals surface area contributed by atoms with Crippen molar-refractivity contribution >= 4 is 43.5 Å². The maximum absolute atomic E-state index is 11.2. The zero-order valence-electron chi connectivity index (χ0n) is 11.4. The number of aromatic carboxylic acids is 1. The summed E-state index contributed by atoms with van der Waals surface area (Å²) in [6, 6.07) is 5.43. The highest BCUT2D eigenvalue weighted by atomic mass is 79.9. The lowest BCUT2D eigenvalue weighted by Crippen LogP contribution is -2.00. The van der Waals surface area contributed by atoms with Gasteiger partial charge in [-0.25, -0.2) is 14.5 Å². The maximum Gasteiger partial charge on any atom is 0.345 e. The van der Waals surface area contributed by atoms with Gasteiger partial charge >= 0.3 is 5.97 Å². The van der Waals surface area contributed by atoms with Crippen LogP contribution in [0.5, 0.6) is 0 Å². The molecule has 3 rings (SSSR count). The Bertz CT molecular complexity index is 821. The molecule has 0 bridgehead atoms. The van der Waals surface area contributed by atoms with E-state index in [4.69, 9.17) is 0 Å². The topological polar surface area (TPSA) is 68.0 Å². The normalized spacial score (nSPS) is 11.4. The van der Waals surface area contributed by atoms with Crippen LogP contribution in [0, 0.1) is 0 Å². The van der Waals surface area contributed by atoms with Gasteiger partial charge < -0.3 is 5.11 Å². The maximum atomic E-state index is 11.2. The number of carboxylic acids is 1. The van der Waals surface area contributed by atoms with Gasteiger partial charge in [-0.3, -0.25) is 0 Å². The number of hydrogen-bond donors (Lipinski definition) is 1. The second-order valence-electron chi connectivity index (χ2n) is 4.92. The molecule has 5 nitrogen and oxygen atoms in total. The molecule has 0 saturated heterocycles. The Morgan fingerprint density at radius 3 is 2.76 bits per heavy atom. The third-order valence-electron chi connectivity index (χ3n) is 3.07. The quantitative estimate of drug-likeness (QED) is 0.759. The molecule has 0 saturated carbocycles. The van der Waals surface area contributed by atoms with E-state index in [1.165, 1.54) is 11.3 Å². The molecule has 1 N–H and O–H groups in total. The minimum absolute atomic E-state index is 0.209. The van der Waals surface area contributed by atoms with Crippen LogP contribution in [0.1, 0.15) is 35.1 Å². The van der Waals surface area contributed by atoms with Gasteiger partial charge in [-0.05, 0) is 40.0 Å². The molecule has 0 aliphatic rings. The molecule has 0 spiro atoms. The number of thiophene rings is 1. The molecule has 3 aromatic heterocycles. The highest BCUT2D eigenvalue weighted by Crippen LogP contribution is 2.33. The first-order valence-corrected chi connectivity index (χ1v) is 7.96. The van der Waals surface area contributed by atoms with E-state index in [0.29, 0.717) is 10.7 Å². The van der Waals surface area contributed by atoms with E-state index in [2.05, 4.69) is 26.0 Å². The molecule has 3 heterocycles.